The fraction of sp³-hybridized carbons (Fsp3) is 0.562. The number of nitrogens with zero attached hydrogens (tertiary/aromatic N) is 4. The van der Waals surface area contributed by atoms with Gasteiger partial charge in [-0.05, 0) is 12.1 Å². The Balaban J connectivity index is 1.45. The minimum absolute atomic E-state index is 0.00206. The summed E-state index contributed by atoms with van der Waals surface area (Å²) in [6.07, 6.45) is 0. The third kappa shape index (κ3) is 3.12. The van der Waals surface area contributed by atoms with Gasteiger partial charge in [0.25, 0.3) is 0 Å². The molecule has 8 nitrogen and oxygen atoms in total. The average Bonchev–Trinajstić information content (AvgIpc) is 2.87. The topological polar surface area (TPSA) is 81.5 Å². The van der Waals surface area contributed by atoms with Gasteiger partial charge in [-0.2, -0.15) is 15.0 Å². The van der Waals surface area contributed by atoms with Crippen LogP contribution in [0.1, 0.15) is 0 Å². The quantitative estimate of drug-likeness (QED) is 0.810. The summed E-state index contributed by atoms with van der Waals surface area (Å²) < 4.78 is 11.6. The second-order valence-corrected chi connectivity index (χ2v) is 6.30. The zero-order chi connectivity index (χ0) is 16.4. The molecule has 1 amide bonds. The summed E-state index contributed by atoms with van der Waals surface area (Å²) in [5.74, 6) is 0.00206. The van der Waals surface area contributed by atoms with Crippen LogP contribution in [0.3, 0.4) is 0 Å². The van der Waals surface area contributed by atoms with E-state index in [9.17, 15) is 4.79 Å². The lowest BCUT2D eigenvalue weighted by atomic mass is 10.0. The van der Waals surface area contributed by atoms with Crippen molar-refractivity contribution in [3.63, 3.8) is 0 Å². The fourth-order valence-electron chi connectivity index (χ4n) is 3.22. The van der Waals surface area contributed by atoms with Gasteiger partial charge in [-0.3, -0.25) is 4.79 Å². The molecule has 1 N–H and O–H groups in total. The van der Waals surface area contributed by atoms with Crippen LogP contribution in [0.4, 0.5) is 0 Å². The number of hydrogen-bond donors (Lipinski definition) is 1. The third-order valence-corrected chi connectivity index (χ3v) is 4.44. The van der Waals surface area contributed by atoms with Gasteiger partial charge in [0.2, 0.25) is 5.91 Å². The van der Waals surface area contributed by atoms with Gasteiger partial charge in [-0.15, -0.1) is 0 Å². The molecule has 0 saturated carbocycles. The van der Waals surface area contributed by atoms with E-state index in [0.29, 0.717) is 39.5 Å². The van der Waals surface area contributed by atoms with Crippen molar-refractivity contribution >= 4 is 16.9 Å². The minimum atomic E-state index is -0.452. The molecule has 1 atom stereocenters. The van der Waals surface area contributed by atoms with Crippen molar-refractivity contribution in [2.45, 2.75) is 12.1 Å². The van der Waals surface area contributed by atoms with Crippen LogP contribution in [-0.2, 0) is 20.8 Å². The van der Waals surface area contributed by atoms with Gasteiger partial charge in [0.15, 0.2) is 0 Å². The predicted molar refractivity (Wildman–Crippen MR) is 86.5 cm³/mol. The zero-order valence-corrected chi connectivity index (χ0v) is 13.5. The van der Waals surface area contributed by atoms with Gasteiger partial charge in [-0.1, -0.05) is 12.1 Å². The van der Waals surface area contributed by atoms with Gasteiger partial charge in [0, 0.05) is 19.6 Å². The van der Waals surface area contributed by atoms with Gasteiger partial charge < -0.3 is 19.7 Å². The van der Waals surface area contributed by atoms with Crippen LogP contribution in [0.2, 0.25) is 0 Å². The van der Waals surface area contributed by atoms with E-state index < -0.39 is 5.60 Å². The number of aromatic nitrogens is 3. The maximum atomic E-state index is 12.7. The highest BCUT2D eigenvalue weighted by atomic mass is 16.5. The molecule has 0 bridgehead atoms. The number of amides is 1. The molecule has 0 aliphatic carbocycles. The van der Waals surface area contributed by atoms with Crippen molar-refractivity contribution in [3.05, 3.63) is 24.3 Å². The molecule has 8 heteroatoms. The summed E-state index contributed by atoms with van der Waals surface area (Å²) in [6, 6.07) is 7.60. The molecular weight excluding hydrogens is 310 g/mol. The number of benzene rings is 1. The number of carbonyl (C=O) groups excluding carboxylic acids is 1. The van der Waals surface area contributed by atoms with Gasteiger partial charge in [0.1, 0.15) is 23.2 Å². The van der Waals surface area contributed by atoms with Gasteiger partial charge in [0.05, 0.1) is 26.4 Å². The summed E-state index contributed by atoms with van der Waals surface area (Å²) in [5.41, 5.74) is 1.14. The molecule has 2 aliphatic heterocycles. The third-order valence-electron chi connectivity index (χ3n) is 4.44. The van der Waals surface area contributed by atoms with Crippen LogP contribution in [0.5, 0.6) is 0 Å². The number of fused-ring (bicyclic) bond motifs is 1. The zero-order valence-electron chi connectivity index (χ0n) is 13.5. The number of ether oxygens (including phenoxy) is 2. The van der Waals surface area contributed by atoms with Crippen molar-refractivity contribution in [3.8, 4) is 0 Å². The molecule has 4 rings (SSSR count). The molecule has 0 unspecified atom stereocenters. The lowest BCUT2D eigenvalue weighted by molar-refractivity contribution is -0.159. The van der Waals surface area contributed by atoms with Crippen LogP contribution in [0.25, 0.3) is 11.0 Å². The first kappa shape index (κ1) is 15.5. The molecule has 0 radical (unpaired) electrons. The molecule has 3 heterocycles. The Morgan fingerprint density at radius 3 is 2.83 bits per heavy atom. The lowest BCUT2D eigenvalue weighted by Gasteiger charge is -2.41. The summed E-state index contributed by atoms with van der Waals surface area (Å²) >= 11 is 0. The van der Waals surface area contributed by atoms with Gasteiger partial charge >= 0.3 is 0 Å². The van der Waals surface area contributed by atoms with Crippen molar-refractivity contribution in [2.75, 3.05) is 46.0 Å². The largest absolute Gasteiger partial charge is 0.377 e. The first-order valence-corrected chi connectivity index (χ1v) is 8.24. The van der Waals surface area contributed by atoms with Crippen LogP contribution >= 0.6 is 0 Å². The first-order valence-electron chi connectivity index (χ1n) is 8.24. The summed E-state index contributed by atoms with van der Waals surface area (Å²) in [5, 5.41) is 12.0. The Kier molecular flexibility index (Phi) is 4.17. The van der Waals surface area contributed by atoms with Crippen LogP contribution in [-0.4, -0.2) is 77.4 Å². The van der Waals surface area contributed by atoms with E-state index in [1.807, 2.05) is 29.2 Å². The highest BCUT2D eigenvalue weighted by molar-refractivity contribution is 5.77. The molecule has 2 saturated heterocycles. The van der Waals surface area contributed by atoms with E-state index in [2.05, 4.69) is 15.5 Å². The molecular formula is C16H21N5O3. The summed E-state index contributed by atoms with van der Waals surface area (Å²) in [7, 11) is 0. The maximum absolute atomic E-state index is 12.7. The Morgan fingerprint density at radius 2 is 2.04 bits per heavy atom. The predicted octanol–water partition coefficient (Wildman–Crippen LogP) is -0.351. The van der Waals surface area contributed by atoms with E-state index in [1.165, 1.54) is 4.80 Å². The van der Waals surface area contributed by atoms with E-state index in [1.54, 1.807) is 0 Å². The fourth-order valence-corrected chi connectivity index (χ4v) is 3.22. The van der Waals surface area contributed by atoms with Crippen molar-refractivity contribution in [1.29, 1.82) is 0 Å². The second kappa shape index (κ2) is 6.46. The first-order chi connectivity index (χ1) is 11.7. The van der Waals surface area contributed by atoms with Crippen LogP contribution in [0.15, 0.2) is 24.3 Å². The van der Waals surface area contributed by atoms with E-state index in [4.69, 9.17) is 9.47 Å². The molecule has 2 fully saturated rings. The molecule has 1 aromatic heterocycles. The highest BCUT2D eigenvalue weighted by Crippen LogP contribution is 2.20. The molecule has 24 heavy (non-hydrogen) atoms. The van der Waals surface area contributed by atoms with Crippen LogP contribution < -0.4 is 5.32 Å². The molecule has 128 valence electrons. The minimum Gasteiger partial charge on any atom is -0.377 e. The summed E-state index contributed by atoms with van der Waals surface area (Å²) in [4.78, 5) is 16.0. The normalized spacial score (nSPS) is 25.1. The maximum Gasteiger partial charge on any atom is 0.246 e. The van der Waals surface area contributed by atoms with E-state index in [0.717, 1.165) is 17.6 Å². The van der Waals surface area contributed by atoms with Crippen LogP contribution in [0, 0.1) is 0 Å². The number of nitrogens with one attached hydrogen (secondary N) is 1. The lowest BCUT2D eigenvalue weighted by Crippen LogP contribution is -2.59. The number of morpholine rings is 1. The Bertz CT molecular complexity index is 690. The summed E-state index contributed by atoms with van der Waals surface area (Å²) in [6.45, 7) is 4.45. The van der Waals surface area contributed by atoms with Crippen molar-refractivity contribution in [2.24, 2.45) is 0 Å². The number of rotatable bonds is 2. The Hall–Kier alpha value is -2.03. The monoisotopic (exact) mass is 331 g/mol. The highest BCUT2D eigenvalue weighted by Gasteiger charge is 2.39. The van der Waals surface area contributed by atoms with Gasteiger partial charge in [-0.25, -0.2) is 0 Å². The van der Waals surface area contributed by atoms with Crippen molar-refractivity contribution < 1.29 is 14.3 Å². The molecule has 1 spiro atoms. The average molecular weight is 331 g/mol. The Labute approximate surface area is 139 Å². The van der Waals surface area contributed by atoms with E-state index >= 15 is 0 Å². The molecule has 2 aromatic rings. The van der Waals surface area contributed by atoms with E-state index in [-0.39, 0.29) is 12.5 Å². The Morgan fingerprint density at radius 1 is 1.25 bits per heavy atom. The number of carbonyl (C=O) groups is 1. The second-order valence-electron chi connectivity index (χ2n) is 6.30. The molecule has 2 aliphatic rings. The standard InChI is InChI=1S/C16H21N5O3/c22-15(9-21-18-13-3-1-2-4-14(13)19-21)20-6-8-24-16(11-20)10-17-5-7-23-12-16/h1-4,17H,5-12H2/t16-/m0/s1. The molecule has 1 aromatic carbocycles. The smallest absolute Gasteiger partial charge is 0.246 e. The number of hydrogen-bond acceptors (Lipinski definition) is 6. The SMILES string of the molecule is O=C(Cn1nc2ccccc2n1)N1CCO[C@@]2(CNCCOC2)C1. The van der Waals surface area contributed by atoms with Crippen molar-refractivity contribution in [1.82, 2.24) is 25.2 Å².